The minimum atomic E-state index is -1.18. The molecule has 3 N–H and O–H groups in total. The zero-order valence-corrected chi connectivity index (χ0v) is 17.8. The van der Waals surface area contributed by atoms with Gasteiger partial charge in [-0.25, -0.2) is 9.31 Å². The van der Waals surface area contributed by atoms with E-state index in [9.17, 15) is 14.4 Å². The minimum absolute atomic E-state index is 0.0564. The summed E-state index contributed by atoms with van der Waals surface area (Å²) in [6.07, 6.45) is 0.420. The van der Waals surface area contributed by atoms with Gasteiger partial charge in [0.15, 0.2) is 6.61 Å². The van der Waals surface area contributed by atoms with Crippen molar-refractivity contribution in [2.75, 3.05) is 6.61 Å². The largest absolute Gasteiger partial charge is 0.480 e. The van der Waals surface area contributed by atoms with Crippen LogP contribution in [0.2, 0.25) is 0 Å². The first-order chi connectivity index (χ1) is 15.9. The first-order valence-corrected chi connectivity index (χ1v) is 10.2. The van der Waals surface area contributed by atoms with Gasteiger partial charge in [-0.2, -0.15) is 5.10 Å². The van der Waals surface area contributed by atoms with Gasteiger partial charge in [0.2, 0.25) is 0 Å². The average Bonchev–Trinajstić information content (AvgIpc) is 3.09. The molecule has 0 saturated carbocycles. The van der Waals surface area contributed by atoms with E-state index >= 15 is 0 Å². The third-order valence-corrected chi connectivity index (χ3v) is 5.31. The van der Waals surface area contributed by atoms with Crippen LogP contribution in [0.3, 0.4) is 0 Å². The van der Waals surface area contributed by atoms with Crippen LogP contribution in [0.15, 0.2) is 66.7 Å². The van der Waals surface area contributed by atoms with Crippen LogP contribution in [0, 0.1) is 6.92 Å². The van der Waals surface area contributed by atoms with Crippen LogP contribution >= 0.6 is 0 Å². The second kappa shape index (κ2) is 8.96. The van der Waals surface area contributed by atoms with Gasteiger partial charge in [0.05, 0.1) is 17.0 Å². The maximum absolute atomic E-state index is 12.8. The lowest BCUT2D eigenvalue weighted by Crippen LogP contribution is -2.23. The molecule has 2 heterocycles. The number of amides is 1. The fourth-order valence-electron chi connectivity index (χ4n) is 3.79. The summed E-state index contributed by atoms with van der Waals surface area (Å²) in [5.74, 6) is -3.06. The summed E-state index contributed by atoms with van der Waals surface area (Å²) in [7, 11) is 0. The van der Waals surface area contributed by atoms with Gasteiger partial charge in [-0.15, -0.1) is 0 Å². The summed E-state index contributed by atoms with van der Waals surface area (Å²) in [6.45, 7) is 1.09. The van der Waals surface area contributed by atoms with Crippen LogP contribution in [0.25, 0.3) is 16.8 Å². The molecule has 1 amide bonds. The molecule has 4 aromatic rings. The van der Waals surface area contributed by atoms with Crippen molar-refractivity contribution in [2.24, 2.45) is 5.73 Å². The number of ether oxygens (including phenoxy) is 1. The summed E-state index contributed by atoms with van der Waals surface area (Å²) in [6, 6.07) is 20.5. The lowest BCUT2D eigenvalue weighted by molar-refractivity contribution is -0.139. The standard InChI is InChI=1S/C25H21N3O5/c1-15-19(12-16-8-4-2-5-9-16)28-23(22(15)24(31)25(26)32)20(33-14-21(29)30)13-18(27-28)17-10-6-3-7-11-17/h2-11,13H,12,14H2,1H3,(H2,26,32)(H,29,30). The van der Waals surface area contributed by atoms with Crippen molar-refractivity contribution in [1.82, 2.24) is 9.61 Å². The average molecular weight is 443 g/mol. The van der Waals surface area contributed by atoms with Gasteiger partial charge in [0.25, 0.3) is 11.7 Å². The zero-order valence-electron chi connectivity index (χ0n) is 17.8. The molecule has 0 atom stereocenters. The Balaban J connectivity index is 2.03. The Hall–Kier alpha value is -4.46. The van der Waals surface area contributed by atoms with Crippen molar-refractivity contribution in [1.29, 1.82) is 0 Å². The van der Waals surface area contributed by atoms with Crippen LogP contribution in [0.1, 0.15) is 27.2 Å². The molecule has 0 radical (unpaired) electrons. The van der Waals surface area contributed by atoms with Gasteiger partial charge in [-0.3, -0.25) is 9.59 Å². The third kappa shape index (κ3) is 4.31. The molecule has 8 nitrogen and oxygen atoms in total. The topological polar surface area (TPSA) is 124 Å². The molecule has 166 valence electrons. The number of aromatic nitrogens is 2. The summed E-state index contributed by atoms with van der Waals surface area (Å²) in [5, 5.41) is 13.9. The van der Waals surface area contributed by atoms with Gasteiger partial charge in [0, 0.05) is 18.1 Å². The zero-order chi connectivity index (χ0) is 23.5. The number of aliphatic carboxylic acids is 1. The fraction of sp³-hybridized carbons (Fsp3) is 0.120. The van der Waals surface area contributed by atoms with Gasteiger partial charge < -0.3 is 15.6 Å². The van der Waals surface area contributed by atoms with Crippen molar-refractivity contribution in [2.45, 2.75) is 13.3 Å². The Morgan fingerprint density at radius 1 is 1.03 bits per heavy atom. The van der Waals surface area contributed by atoms with Crippen LogP contribution < -0.4 is 10.5 Å². The lowest BCUT2D eigenvalue weighted by atomic mass is 10.0. The molecule has 0 aliphatic heterocycles. The van der Waals surface area contributed by atoms with E-state index in [-0.39, 0.29) is 16.8 Å². The number of carbonyl (C=O) groups excluding carboxylic acids is 2. The van der Waals surface area contributed by atoms with Gasteiger partial charge >= 0.3 is 5.97 Å². The molecular weight excluding hydrogens is 422 g/mol. The highest BCUT2D eigenvalue weighted by atomic mass is 16.5. The van der Waals surface area contributed by atoms with Gasteiger partial charge in [0.1, 0.15) is 11.3 Å². The summed E-state index contributed by atoms with van der Waals surface area (Å²) < 4.78 is 7.12. The minimum Gasteiger partial charge on any atom is -0.480 e. The highest BCUT2D eigenvalue weighted by Crippen LogP contribution is 2.34. The number of ketones is 1. The number of benzene rings is 2. The highest BCUT2D eigenvalue weighted by Gasteiger charge is 2.28. The Morgan fingerprint density at radius 3 is 2.27 bits per heavy atom. The molecular formula is C25H21N3O5. The number of fused-ring (bicyclic) bond motifs is 1. The number of nitrogens with two attached hydrogens (primary N) is 1. The number of hydrogen-bond donors (Lipinski definition) is 2. The summed E-state index contributed by atoms with van der Waals surface area (Å²) >= 11 is 0. The van der Waals surface area contributed by atoms with Crippen molar-refractivity contribution < 1.29 is 24.2 Å². The first-order valence-electron chi connectivity index (χ1n) is 10.2. The molecule has 0 fully saturated rings. The SMILES string of the molecule is Cc1c(C(=O)C(N)=O)c2c(OCC(=O)O)cc(-c3ccccc3)nn2c1Cc1ccccc1. The number of nitrogens with zero attached hydrogens (tertiary/aromatic N) is 2. The van der Waals surface area contributed by atoms with Gasteiger partial charge in [-0.1, -0.05) is 60.7 Å². The van der Waals surface area contributed by atoms with Gasteiger partial charge in [-0.05, 0) is 18.1 Å². The monoisotopic (exact) mass is 443 g/mol. The predicted molar refractivity (Wildman–Crippen MR) is 121 cm³/mol. The maximum atomic E-state index is 12.8. The number of primary amides is 1. The fourth-order valence-corrected chi connectivity index (χ4v) is 3.79. The number of carbonyl (C=O) groups is 3. The van der Waals surface area contributed by atoms with E-state index in [0.29, 0.717) is 23.4 Å². The van der Waals surface area contributed by atoms with E-state index in [1.54, 1.807) is 17.5 Å². The quantitative estimate of drug-likeness (QED) is 0.319. The van der Waals surface area contributed by atoms with Crippen molar-refractivity contribution in [3.8, 4) is 17.0 Å². The maximum Gasteiger partial charge on any atom is 0.341 e. The highest BCUT2D eigenvalue weighted by molar-refractivity contribution is 6.44. The number of rotatable bonds is 8. The molecule has 0 aliphatic rings. The second-order valence-electron chi connectivity index (χ2n) is 7.51. The van der Waals surface area contributed by atoms with Crippen molar-refractivity contribution in [3.05, 3.63) is 89.1 Å². The Kier molecular flexibility index (Phi) is 5.91. The van der Waals surface area contributed by atoms with Crippen LogP contribution in [0.4, 0.5) is 0 Å². The number of carboxylic acid groups (broad SMARTS) is 1. The second-order valence-corrected chi connectivity index (χ2v) is 7.51. The predicted octanol–water partition coefficient (Wildman–Crippen LogP) is 3.03. The van der Waals surface area contributed by atoms with E-state index in [0.717, 1.165) is 11.1 Å². The van der Waals surface area contributed by atoms with E-state index < -0.39 is 24.3 Å². The van der Waals surface area contributed by atoms with E-state index in [2.05, 4.69) is 0 Å². The molecule has 0 saturated heterocycles. The van der Waals surface area contributed by atoms with Crippen LogP contribution in [-0.4, -0.2) is 39.0 Å². The van der Waals surface area contributed by atoms with Crippen molar-refractivity contribution >= 4 is 23.2 Å². The number of hydrogen-bond acceptors (Lipinski definition) is 5. The van der Waals surface area contributed by atoms with E-state index in [1.807, 2.05) is 60.7 Å². The number of carboxylic acids is 1. The summed E-state index contributed by atoms with van der Waals surface area (Å²) in [5.41, 5.74) is 9.06. The Bertz CT molecular complexity index is 1360. The van der Waals surface area contributed by atoms with E-state index in [1.165, 1.54) is 0 Å². The molecule has 2 aromatic heterocycles. The molecule has 4 rings (SSSR count). The van der Waals surface area contributed by atoms with E-state index in [4.69, 9.17) is 20.7 Å². The molecule has 0 unspecified atom stereocenters. The number of Topliss-reactive ketones (excluding diaryl/α,β-unsaturated/α-hetero) is 1. The third-order valence-electron chi connectivity index (χ3n) is 5.31. The molecule has 8 heteroatoms. The first kappa shape index (κ1) is 21.8. The summed E-state index contributed by atoms with van der Waals surface area (Å²) in [4.78, 5) is 35.9. The van der Waals surface area contributed by atoms with Crippen LogP contribution in [0.5, 0.6) is 5.75 Å². The molecule has 0 bridgehead atoms. The van der Waals surface area contributed by atoms with Crippen molar-refractivity contribution in [3.63, 3.8) is 0 Å². The Morgan fingerprint density at radius 2 is 1.67 bits per heavy atom. The normalized spacial score (nSPS) is 10.8. The molecule has 2 aromatic carbocycles. The molecule has 33 heavy (non-hydrogen) atoms. The molecule has 0 spiro atoms. The smallest absolute Gasteiger partial charge is 0.341 e. The Labute approximate surface area is 189 Å². The lowest BCUT2D eigenvalue weighted by Gasteiger charge is -2.11. The molecule has 0 aliphatic carbocycles. The van der Waals surface area contributed by atoms with Crippen LogP contribution in [-0.2, 0) is 16.0 Å².